The molecule has 0 heterocycles. The standard InChI is InChI=1S/C17H22N2O2/c1-3-17(4-2,11-18)19-16(21)14-10-9-12-7-5-6-8-13(12)15(14)20/h5-10,20H,3-4,11,18H2,1-2H3,(H,19,21). The van der Waals surface area contributed by atoms with Gasteiger partial charge in [0.1, 0.15) is 5.75 Å². The summed E-state index contributed by atoms with van der Waals surface area (Å²) in [5, 5.41) is 14.9. The minimum Gasteiger partial charge on any atom is -0.506 e. The predicted octanol–water partition coefficient (Wildman–Crippen LogP) is 2.79. The lowest BCUT2D eigenvalue weighted by Crippen LogP contribution is -2.52. The van der Waals surface area contributed by atoms with Crippen LogP contribution >= 0.6 is 0 Å². The van der Waals surface area contributed by atoms with E-state index in [9.17, 15) is 9.90 Å². The number of nitrogens with one attached hydrogen (secondary N) is 1. The Morgan fingerprint density at radius 2 is 1.86 bits per heavy atom. The molecule has 1 amide bonds. The van der Waals surface area contributed by atoms with Crippen LogP contribution in [0.1, 0.15) is 37.0 Å². The first kappa shape index (κ1) is 15.3. The van der Waals surface area contributed by atoms with Crippen molar-refractivity contribution in [1.82, 2.24) is 5.32 Å². The first-order valence-electron chi connectivity index (χ1n) is 7.30. The number of hydrogen-bond donors (Lipinski definition) is 3. The Kier molecular flexibility index (Phi) is 4.48. The first-order chi connectivity index (χ1) is 10.1. The number of phenols is 1. The summed E-state index contributed by atoms with van der Waals surface area (Å²) in [4.78, 5) is 12.5. The number of nitrogens with two attached hydrogens (primary N) is 1. The molecule has 0 spiro atoms. The lowest BCUT2D eigenvalue weighted by atomic mass is 9.92. The van der Waals surface area contributed by atoms with Crippen LogP contribution in [0.2, 0.25) is 0 Å². The van der Waals surface area contributed by atoms with Crippen molar-refractivity contribution in [2.24, 2.45) is 5.73 Å². The molecule has 0 aliphatic carbocycles. The number of phenolic OH excluding ortho intramolecular Hbond substituents is 1. The van der Waals surface area contributed by atoms with Gasteiger partial charge in [-0.2, -0.15) is 0 Å². The van der Waals surface area contributed by atoms with Crippen LogP contribution in [-0.4, -0.2) is 23.1 Å². The second kappa shape index (κ2) is 6.14. The molecular formula is C17H22N2O2. The molecule has 0 unspecified atom stereocenters. The molecule has 2 aromatic carbocycles. The van der Waals surface area contributed by atoms with E-state index < -0.39 is 5.54 Å². The van der Waals surface area contributed by atoms with Crippen LogP contribution < -0.4 is 11.1 Å². The van der Waals surface area contributed by atoms with Crippen molar-refractivity contribution >= 4 is 16.7 Å². The molecule has 21 heavy (non-hydrogen) atoms. The minimum atomic E-state index is -0.421. The van der Waals surface area contributed by atoms with Gasteiger partial charge in [0.05, 0.1) is 11.1 Å². The summed E-state index contributed by atoms with van der Waals surface area (Å²) in [5.74, 6) is -0.267. The molecule has 0 bridgehead atoms. The van der Waals surface area contributed by atoms with Gasteiger partial charge in [-0.3, -0.25) is 4.79 Å². The van der Waals surface area contributed by atoms with Gasteiger partial charge in [0.2, 0.25) is 0 Å². The summed E-state index contributed by atoms with van der Waals surface area (Å²) in [7, 11) is 0. The van der Waals surface area contributed by atoms with E-state index >= 15 is 0 Å². The Bertz CT molecular complexity index is 640. The zero-order valence-electron chi connectivity index (χ0n) is 12.5. The Hall–Kier alpha value is -2.07. The van der Waals surface area contributed by atoms with E-state index in [2.05, 4.69) is 5.32 Å². The van der Waals surface area contributed by atoms with Crippen molar-refractivity contribution in [3.63, 3.8) is 0 Å². The Morgan fingerprint density at radius 3 is 2.48 bits per heavy atom. The van der Waals surface area contributed by atoms with Crippen molar-refractivity contribution in [2.75, 3.05) is 6.54 Å². The van der Waals surface area contributed by atoms with E-state index in [0.717, 1.165) is 18.2 Å². The van der Waals surface area contributed by atoms with Crippen molar-refractivity contribution in [1.29, 1.82) is 0 Å². The van der Waals surface area contributed by atoms with E-state index in [1.807, 2.05) is 38.1 Å². The van der Waals surface area contributed by atoms with Crippen LogP contribution in [0.15, 0.2) is 36.4 Å². The van der Waals surface area contributed by atoms with Gasteiger partial charge < -0.3 is 16.2 Å². The third-order valence-electron chi connectivity index (χ3n) is 4.27. The van der Waals surface area contributed by atoms with E-state index in [-0.39, 0.29) is 17.2 Å². The first-order valence-corrected chi connectivity index (χ1v) is 7.30. The smallest absolute Gasteiger partial charge is 0.255 e. The number of rotatable bonds is 5. The average molecular weight is 286 g/mol. The zero-order valence-corrected chi connectivity index (χ0v) is 12.5. The Labute approximate surface area is 125 Å². The summed E-state index contributed by atoms with van der Waals surface area (Å²) < 4.78 is 0. The topological polar surface area (TPSA) is 75.3 Å². The second-order valence-electron chi connectivity index (χ2n) is 5.33. The number of aromatic hydroxyl groups is 1. The summed E-state index contributed by atoms with van der Waals surface area (Å²) in [6.45, 7) is 4.37. The molecule has 0 aromatic heterocycles. The van der Waals surface area contributed by atoms with Gasteiger partial charge >= 0.3 is 0 Å². The molecule has 4 nitrogen and oxygen atoms in total. The fraction of sp³-hybridized carbons (Fsp3) is 0.353. The molecule has 0 fully saturated rings. The maximum atomic E-state index is 12.5. The number of hydrogen-bond acceptors (Lipinski definition) is 3. The fourth-order valence-corrected chi connectivity index (χ4v) is 2.51. The number of carbonyl (C=O) groups excluding carboxylic acids is 1. The average Bonchev–Trinajstić information content (AvgIpc) is 2.53. The highest BCUT2D eigenvalue weighted by atomic mass is 16.3. The summed E-state index contributed by atoms with van der Waals surface area (Å²) in [6, 6.07) is 10.9. The molecule has 0 aliphatic rings. The zero-order chi connectivity index (χ0) is 15.5. The SMILES string of the molecule is CCC(CC)(CN)NC(=O)c1ccc2ccccc2c1O. The molecule has 2 rings (SSSR count). The van der Waals surface area contributed by atoms with Crippen LogP contribution in [0.3, 0.4) is 0 Å². The highest BCUT2D eigenvalue weighted by molar-refractivity contribution is 6.03. The molecule has 0 saturated carbocycles. The van der Waals surface area contributed by atoms with Gasteiger partial charge in [0.25, 0.3) is 5.91 Å². The Balaban J connectivity index is 2.38. The van der Waals surface area contributed by atoms with Crippen LogP contribution in [0.25, 0.3) is 10.8 Å². The lowest BCUT2D eigenvalue weighted by molar-refractivity contribution is 0.0893. The third kappa shape index (κ3) is 2.85. The molecule has 4 N–H and O–H groups in total. The monoisotopic (exact) mass is 286 g/mol. The van der Waals surface area contributed by atoms with E-state index in [4.69, 9.17) is 5.73 Å². The van der Waals surface area contributed by atoms with Crippen molar-refractivity contribution in [3.05, 3.63) is 42.0 Å². The molecule has 0 atom stereocenters. The summed E-state index contributed by atoms with van der Waals surface area (Å²) in [5.41, 5.74) is 5.67. The van der Waals surface area contributed by atoms with Gasteiger partial charge in [-0.15, -0.1) is 0 Å². The number of fused-ring (bicyclic) bond motifs is 1. The molecule has 4 heteroatoms. The minimum absolute atomic E-state index is 0.0173. The van der Waals surface area contributed by atoms with Crippen LogP contribution in [0, 0.1) is 0 Å². The van der Waals surface area contributed by atoms with E-state index in [0.29, 0.717) is 11.9 Å². The molecule has 0 saturated heterocycles. The van der Waals surface area contributed by atoms with E-state index in [1.165, 1.54) is 0 Å². The second-order valence-corrected chi connectivity index (χ2v) is 5.33. The maximum absolute atomic E-state index is 12.5. The van der Waals surface area contributed by atoms with Crippen molar-refractivity contribution < 1.29 is 9.90 Å². The van der Waals surface area contributed by atoms with E-state index in [1.54, 1.807) is 12.1 Å². The molecular weight excluding hydrogens is 264 g/mol. The lowest BCUT2D eigenvalue weighted by Gasteiger charge is -2.31. The van der Waals surface area contributed by atoms with Gasteiger partial charge in [0, 0.05) is 11.9 Å². The van der Waals surface area contributed by atoms with Gasteiger partial charge in [0.15, 0.2) is 0 Å². The Morgan fingerprint density at radius 1 is 1.19 bits per heavy atom. The molecule has 0 aliphatic heterocycles. The molecule has 0 radical (unpaired) electrons. The molecule has 112 valence electrons. The van der Waals surface area contributed by atoms with Gasteiger partial charge in [-0.05, 0) is 24.3 Å². The quantitative estimate of drug-likeness (QED) is 0.791. The maximum Gasteiger partial charge on any atom is 0.255 e. The van der Waals surface area contributed by atoms with Gasteiger partial charge in [-0.25, -0.2) is 0 Å². The predicted molar refractivity (Wildman–Crippen MR) is 85.4 cm³/mol. The highest BCUT2D eigenvalue weighted by Gasteiger charge is 2.27. The van der Waals surface area contributed by atoms with Gasteiger partial charge in [-0.1, -0.05) is 44.2 Å². The number of benzene rings is 2. The number of carbonyl (C=O) groups is 1. The van der Waals surface area contributed by atoms with Crippen LogP contribution in [0.5, 0.6) is 5.75 Å². The number of amides is 1. The van der Waals surface area contributed by atoms with Crippen molar-refractivity contribution in [2.45, 2.75) is 32.2 Å². The van der Waals surface area contributed by atoms with Crippen LogP contribution in [0.4, 0.5) is 0 Å². The van der Waals surface area contributed by atoms with Crippen LogP contribution in [-0.2, 0) is 0 Å². The largest absolute Gasteiger partial charge is 0.506 e. The summed E-state index contributed by atoms with van der Waals surface area (Å²) in [6.07, 6.45) is 1.50. The third-order valence-corrected chi connectivity index (χ3v) is 4.27. The summed E-state index contributed by atoms with van der Waals surface area (Å²) >= 11 is 0. The normalized spacial score (nSPS) is 11.6. The fourth-order valence-electron chi connectivity index (χ4n) is 2.51. The highest BCUT2D eigenvalue weighted by Crippen LogP contribution is 2.29. The van der Waals surface area contributed by atoms with Crippen molar-refractivity contribution in [3.8, 4) is 5.75 Å². The molecule has 2 aromatic rings.